The molecule has 0 aliphatic heterocycles. The lowest BCUT2D eigenvalue weighted by Gasteiger charge is -2.39. The van der Waals surface area contributed by atoms with Crippen molar-refractivity contribution in [1.82, 2.24) is 0 Å². The van der Waals surface area contributed by atoms with E-state index >= 15 is 0 Å². The molecule has 1 aromatic rings. The second-order valence-corrected chi connectivity index (χ2v) is 5.29. The average Bonchev–Trinajstić information content (AvgIpc) is 2.34. The Hall–Kier alpha value is -1.51. The van der Waals surface area contributed by atoms with Crippen molar-refractivity contribution in [3.05, 3.63) is 21.7 Å². The van der Waals surface area contributed by atoms with Gasteiger partial charge in [-0.1, -0.05) is 11.6 Å². The number of aliphatic imine (C=N–C) groups is 1. The van der Waals surface area contributed by atoms with Crippen molar-refractivity contribution in [2.75, 3.05) is 7.11 Å². The maximum absolute atomic E-state index is 10.7. The number of carbonyl (C=O) groups excluding carboxylic acids is 1. The number of hydrogen-bond acceptors (Lipinski definition) is 4. The molecule has 0 unspecified atom stereocenters. The Morgan fingerprint density at radius 2 is 2.00 bits per heavy atom. The summed E-state index contributed by atoms with van der Waals surface area (Å²) in [5.41, 5.74) is 1.33. The molecule has 2 rings (SSSR count). The summed E-state index contributed by atoms with van der Waals surface area (Å²) in [7, 11) is 1.48. The van der Waals surface area contributed by atoms with Crippen LogP contribution >= 0.6 is 11.6 Å². The normalized spacial score (nSPS) is 16.4. The highest BCUT2D eigenvalue weighted by Crippen LogP contribution is 2.53. The lowest BCUT2D eigenvalue weighted by Crippen LogP contribution is -2.33. The molecule has 0 bridgehead atoms. The van der Waals surface area contributed by atoms with Gasteiger partial charge in [-0.25, -0.2) is 4.79 Å². The molecule has 0 aromatic heterocycles. The first-order chi connectivity index (χ1) is 8.98. The molecular weight excluding hydrogens is 266 g/mol. The highest BCUT2D eigenvalue weighted by atomic mass is 35.5. The minimum atomic E-state index is -0.694. The second-order valence-electron chi connectivity index (χ2n) is 4.91. The first kappa shape index (κ1) is 13.9. The van der Waals surface area contributed by atoms with Crippen molar-refractivity contribution in [1.29, 1.82) is 0 Å². The molecule has 0 radical (unpaired) electrons. The monoisotopic (exact) mass is 281 g/mol. The molecule has 5 heteroatoms. The van der Waals surface area contributed by atoms with Crippen LogP contribution in [0.5, 0.6) is 11.5 Å². The Bertz CT molecular complexity index is 573. The molecule has 0 spiro atoms. The quantitative estimate of drug-likeness (QED) is 0.682. The number of methoxy groups -OCH3 is 1. The SMILES string of the molecule is COc1c(C)c(Cl)c(C)c(C2(N=C=O)CCC2)c1O. The van der Waals surface area contributed by atoms with Crippen LogP contribution in [0.15, 0.2) is 4.99 Å². The van der Waals surface area contributed by atoms with Gasteiger partial charge in [0.15, 0.2) is 11.5 Å². The number of hydrogen-bond donors (Lipinski definition) is 1. The highest BCUT2D eigenvalue weighted by molar-refractivity contribution is 6.32. The zero-order valence-corrected chi connectivity index (χ0v) is 12.0. The predicted octanol–water partition coefficient (Wildman–Crippen LogP) is 3.39. The van der Waals surface area contributed by atoms with Gasteiger partial charge >= 0.3 is 0 Å². The summed E-state index contributed by atoms with van der Waals surface area (Å²) in [4.78, 5) is 14.6. The van der Waals surface area contributed by atoms with Crippen LogP contribution in [0.2, 0.25) is 5.02 Å². The number of isocyanates is 1. The number of nitrogens with zero attached hydrogens (tertiary/aromatic N) is 1. The van der Waals surface area contributed by atoms with Crippen molar-refractivity contribution in [2.24, 2.45) is 4.99 Å². The summed E-state index contributed by atoms with van der Waals surface area (Å²) < 4.78 is 5.22. The van der Waals surface area contributed by atoms with Gasteiger partial charge in [-0.2, -0.15) is 4.99 Å². The van der Waals surface area contributed by atoms with Gasteiger partial charge in [-0.15, -0.1) is 0 Å². The summed E-state index contributed by atoms with van der Waals surface area (Å²) in [6, 6.07) is 0. The first-order valence-electron chi connectivity index (χ1n) is 6.13. The third-order valence-corrected chi connectivity index (χ3v) is 4.50. The number of rotatable bonds is 3. The first-order valence-corrected chi connectivity index (χ1v) is 6.51. The van der Waals surface area contributed by atoms with E-state index in [0.29, 0.717) is 34.7 Å². The summed E-state index contributed by atoms with van der Waals surface area (Å²) in [6.45, 7) is 3.61. The Morgan fingerprint density at radius 3 is 2.42 bits per heavy atom. The van der Waals surface area contributed by atoms with E-state index in [4.69, 9.17) is 16.3 Å². The number of halogens is 1. The summed E-state index contributed by atoms with van der Waals surface area (Å²) in [5, 5.41) is 11.0. The number of aromatic hydroxyl groups is 1. The van der Waals surface area contributed by atoms with E-state index in [2.05, 4.69) is 4.99 Å². The summed E-state index contributed by atoms with van der Waals surface area (Å²) in [5.74, 6) is 0.374. The third-order valence-electron chi connectivity index (χ3n) is 3.94. The van der Waals surface area contributed by atoms with Gasteiger partial charge < -0.3 is 9.84 Å². The van der Waals surface area contributed by atoms with Crippen LogP contribution < -0.4 is 4.74 Å². The van der Waals surface area contributed by atoms with Crippen molar-refractivity contribution < 1.29 is 14.6 Å². The van der Waals surface area contributed by atoms with Crippen LogP contribution in [0.1, 0.15) is 36.0 Å². The third kappa shape index (κ3) is 1.92. The lowest BCUT2D eigenvalue weighted by atomic mass is 9.70. The zero-order valence-electron chi connectivity index (χ0n) is 11.2. The van der Waals surface area contributed by atoms with Gasteiger partial charge in [0.1, 0.15) is 5.54 Å². The van der Waals surface area contributed by atoms with E-state index in [1.54, 1.807) is 13.0 Å². The largest absolute Gasteiger partial charge is 0.504 e. The molecule has 0 amide bonds. The average molecular weight is 282 g/mol. The van der Waals surface area contributed by atoms with E-state index < -0.39 is 5.54 Å². The van der Waals surface area contributed by atoms with Crippen LogP contribution in [-0.4, -0.2) is 18.3 Å². The number of ether oxygens (including phenoxy) is 1. The van der Waals surface area contributed by atoms with Crippen molar-refractivity contribution in [3.63, 3.8) is 0 Å². The molecule has 0 atom stereocenters. The van der Waals surface area contributed by atoms with Gasteiger partial charge in [0.25, 0.3) is 0 Å². The van der Waals surface area contributed by atoms with E-state index in [0.717, 1.165) is 12.0 Å². The maximum Gasteiger partial charge on any atom is 0.235 e. The van der Waals surface area contributed by atoms with Gasteiger partial charge in [0.2, 0.25) is 6.08 Å². The van der Waals surface area contributed by atoms with Crippen LogP contribution in [0, 0.1) is 13.8 Å². The van der Waals surface area contributed by atoms with Crippen molar-refractivity contribution in [2.45, 2.75) is 38.6 Å². The van der Waals surface area contributed by atoms with Gasteiger partial charge in [0, 0.05) is 11.1 Å². The van der Waals surface area contributed by atoms with E-state index in [1.165, 1.54) is 7.11 Å². The van der Waals surface area contributed by atoms with Gasteiger partial charge in [0.05, 0.1) is 12.1 Å². The van der Waals surface area contributed by atoms with Gasteiger partial charge in [-0.3, -0.25) is 0 Å². The fourth-order valence-electron chi connectivity index (χ4n) is 2.80. The molecule has 1 saturated carbocycles. The van der Waals surface area contributed by atoms with Crippen molar-refractivity contribution in [3.8, 4) is 11.5 Å². The molecule has 0 saturated heterocycles. The van der Waals surface area contributed by atoms with E-state index in [9.17, 15) is 9.90 Å². The Morgan fingerprint density at radius 1 is 1.37 bits per heavy atom. The Labute approximate surface area is 117 Å². The summed E-state index contributed by atoms with van der Waals surface area (Å²) in [6.07, 6.45) is 3.99. The Kier molecular flexibility index (Phi) is 3.57. The molecule has 102 valence electrons. The number of phenols is 1. The maximum atomic E-state index is 10.7. The van der Waals surface area contributed by atoms with Crippen LogP contribution in [0.3, 0.4) is 0 Å². The molecule has 0 heterocycles. The van der Waals surface area contributed by atoms with Crippen LogP contribution in [0.4, 0.5) is 0 Å². The Balaban J connectivity index is 2.76. The molecule has 1 aliphatic carbocycles. The number of phenolic OH excluding ortho intramolecular Hbond substituents is 1. The molecule has 1 N–H and O–H groups in total. The minimum Gasteiger partial charge on any atom is -0.504 e. The molecule has 19 heavy (non-hydrogen) atoms. The minimum absolute atomic E-state index is 0.0283. The molecule has 1 aliphatic rings. The van der Waals surface area contributed by atoms with Crippen molar-refractivity contribution >= 4 is 17.7 Å². The molecule has 1 fully saturated rings. The topological polar surface area (TPSA) is 58.9 Å². The van der Waals surface area contributed by atoms with Gasteiger partial charge in [-0.05, 0) is 38.7 Å². The molecular formula is C14H16ClNO3. The number of benzene rings is 1. The standard InChI is InChI=1S/C14H16ClNO3/c1-8-10(14(16-7-17)5-4-6-14)12(18)13(19-3)9(2)11(8)15/h18H,4-6H2,1-3H3. The fourth-order valence-corrected chi connectivity index (χ4v) is 2.98. The summed E-state index contributed by atoms with van der Waals surface area (Å²) >= 11 is 6.29. The van der Waals surface area contributed by atoms with E-state index in [-0.39, 0.29) is 5.75 Å². The van der Waals surface area contributed by atoms with Crippen LogP contribution in [-0.2, 0) is 10.3 Å². The molecule has 1 aromatic carbocycles. The van der Waals surface area contributed by atoms with Crippen LogP contribution in [0.25, 0.3) is 0 Å². The smallest absolute Gasteiger partial charge is 0.235 e. The predicted molar refractivity (Wildman–Crippen MR) is 72.8 cm³/mol. The fraction of sp³-hybridized carbons (Fsp3) is 0.500. The molecule has 4 nitrogen and oxygen atoms in total. The lowest BCUT2D eigenvalue weighted by molar-refractivity contribution is 0.243. The zero-order chi connectivity index (χ0) is 14.2. The van der Waals surface area contributed by atoms with E-state index in [1.807, 2.05) is 6.92 Å². The highest BCUT2D eigenvalue weighted by Gasteiger charge is 2.43. The second kappa shape index (κ2) is 4.87.